The van der Waals surface area contributed by atoms with Gasteiger partial charge in [-0.3, -0.25) is 4.99 Å². The van der Waals surface area contributed by atoms with Crippen molar-refractivity contribution in [3.8, 4) is 0 Å². The van der Waals surface area contributed by atoms with Gasteiger partial charge in [0.2, 0.25) is 0 Å². The van der Waals surface area contributed by atoms with Gasteiger partial charge < -0.3 is 20.1 Å². The molecule has 1 heterocycles. The number of hydrogen-bond donors (Lipinski definition) is 2. The number of guanidine groups is 1. The summed E-state index contributed by atoms with van der Waals surface area (Å²) < 4.78 is 15.2. The fraction of sp³-hybridized carbons (Fsp3) is 0.500. The van der Waals surface area contributed by atoms with Crippen LogP contribution < -0.4 is 10.6 Å². The van der Waals surface area contributed by atoms with E-state index in [9.17, 15) is 4.39 Å². The first kappa shape index (κ1) is 23.3. The minimum Gasteiger partial charge on any atom is -0.355 e. The first-order valence-electron chi connectivity index (χ1n) is 8.78. The summed E-state index contributed by atoms with van der Waals surface area (Å²) in [5.74, 6) is 1.47. The van der Waals surface area contributed by atoms with E-state index in [1.807, 2.05) is 30.8 Å². The zero-order chi connectivity index (χ0) is 18.9. The highest BCUT2D eigenvalue weighted by molar-refractivity contribution is 14.0. The van der Waals surface area contributed by atoms with Crippen LogP contribution in [0.2, 0.25) is 0 Å². The third kappa shape index (κ3) is 7.06. The summed E-state index contributed by atoms with van der Waals surface area (Å²) >= 11 is 0. The molecule has 1 aromatic heterocycles. The summed E-state index contributed by atoms with van der Waals surface area (Å²) in [6, 6.07) is 6.72. The molecule has 1 aromatic carbocycles. The van der Waals surface area contributed by atoms with E-state index in [4.69, 9.17) is 0 Å². The van der Waals surface area contributed by atoms with Gasteiger partial charge in [0.05, 0.1) is 6.04 Å². The fourth-order valence-electron chi connectivity index (χ4n) is 2.73. The third-order valence-corrected chi connectivity index (χ3v) is 4.22. The highest BCUT2D eigenvalue weighted by Gasteiger charge is 2.14. The average Bonchev–Trinajstić information content (AvgIpc) is 3.09. The van der Waals surface area contributed by atoms with Gasteiger partial charge in [0.25, 0.3) is 0 Å². The lowest BCUT2D eigenvalue weighted by Crippen LogP contribution is -2.42. The van der Waals surface area contributed by atoms with Crippen molar-refractivity contribution in [3.05, 3.63) is 47.8 Å². The summed E-state index contributed by atoms with van der Waals surface area (Å²) in [6.07, 6.45) is 2.60. The molecule has 0 amide bonds. The number of aryl methyl sites for hydroxylation is 1. The molecule has 0 aliphatic rings. The Morgan fingerprint density at radius 2 is 1.96 bits per heavy atom. The van der Waals surface area contributed by atoms with Gasteiger partial charge in [-0.05, 0) is 31.8 Å². The maximum absolute atomic E-state index is 13.2. The molecule has 0 aliphatic carbocycles. The van der Waals surface area contributed by atoms with E-state index in [0.717, 1.165) is 30.3 Å². The lowest BCUT2D eigenvalue weighted by molar-refractivity contribution is 0.298. The number of hydrogen-bond acceptors (Lipinski definition) is 4. The molecule has 27 heavy (non-hydrogen) atoms. The number of halogens is 2. The van der Waals surface area contributed by atoms with E-state index in [2.05, 4.69) is 37.6 Å². The van der Waals surface area contributed by atoms with Gasteiger partial charge in [-0.25, -0.2) is 4.39 Å². The molecule has 1 atom stereocenters. The topological polar surface area (TPSA) is 70.4 Å². The number of likely N-dealkylation sites (N-methyl/N-ethyl adjacent to an activating group) is 1. The SMILES string of the molecule is CCc1nncn1CCNC(=NC)NCC(c1ccc(F)cc1)N(C)C.I. The molecule has 0 radical (unpaired) electrons. The molecule has 7 nitrogen and oxygen atoms in total. The Morgan fingerprint density at radius 3 is 2.56 bits per heavy atom. The zero-order valence-corrected chi connectivity index (χ0v) is 18.6. The predicted molar refractivity (Wildman–Crippen MR) is 117 cm³/mol. The summed E-state index contributed by atoms with van der Waals surface area (Å²) in [5, 5.41) is 14.6. The fourth-order valence-corrected chi connectivity index (χ4v) is 2.73. The standard InChI is InChI=1S/C18H28FN7.HI/c1-5-17-24-23-13-26(17)11-10-21-18(20-2)22-12-16(25(3)4)14-6-8-15(19)9-7-14;/h6-9,13,16H,5,10-12H2,1-4H3,(H2,20,21,22);1H. The van der Waals surface area contributed by atoms with Crippen LogP contribution >= 0.6 is 24.0 Å². The van der Waals surface area contributed by atoms with Crippen LogP contribution in [0.5, 0.6) is 0 Å². The zero-order valence-electron chi connectivity index (χ0n) is 16.3. The predicted octanol–water partition coefficient (Wildman–Crippen LogP) is 2.07. The second kappa shape index (κ2) is 11.9. The lowest BCUT2D eigenvalue weighted by atomic mass is 10.1. The van der Waals surface area contributed by atoms with Crippen molar-refractivity contribution in [1.82, 2.24) is 30.3 Å². The molecule has 0 bridgehead atoms. The average molecular weight is 489 g/mol. The van der Waals surface area contributed by atoms with E-state index in [1.54, 1.807) is 13.4 Å². The van der Waals surface area contributed by atoms with Gasteiger partial charge in [0.1, 0.15) is 18.0 Å². The van der Waals surface area contributed by atoms with Crippen molar-refractivity contribution in [2.45, 2.75) is 25.9 Å². The first-order valence-corrected chi connectivity index (χ1v) is 8.78. The molecule has 0 fully saturated rings. The molecule has 150 valence electrons. The molecule has 2 aromatic rings. The monoisotopic (exact) mass is 489 g/mol. The first-order chi connectivity index (χ1) is 12.5. The van der Waals surface area contributed by atoms with Crippen LogP contribution in [0.3, 0.4) is 0 Å². The van der Waals surface area contributed by atoms with Crippen LogP contribution in [0.15, 0.2) is 35.6 Å². The maximum Gasteiger partial charge on any atom is 0.191 e. The van der Waals surface area contributed by atoms with E-state index in [1.165, 1.54) is 12.1 Å². The smallest absolute Gasteiger partial charge is 0.191 e. The van der Waals surface area contributed by atoms with Crippen molar-refractivity contribution in [3.63, 3.8) is 0 Å². The van der Waals surface area contributed by atoms with Crippen molar-refractivity contribution >= 4 is 29.9 Å². The van der Waals surface area contributed by atoms with Gasteiger partial charge in [-0.1, -0.05) is 19.1 Å². The molecule has 0 saturated carbocycles. The van der Waals surface area contributed by atoms with Crippen LogP contribution in [0.25, 0.3) is 0 Å². The van der Waals surface area contributed by atoms with E-state index >= 15 is 0 Å². The Kier molecular flexibility index (Phi) is 10.2. The van der Waals surface area contributed by atoms with E-state index < -0.39 is 0 Å². The number of aromatic nitrogens is 3. The van der Waals surface area contributed by atoms with Gasteiger partial charge in [0, 0.05) is 33.1 Å². The Labute approximate surface area is 177 Å². The van der Waals surface area contributed by atoms with Gasteiger partial charge >= 0.3 is 0 Å². The number of benzene rings is 1. The highest BCUT2D eigenvalue weighted by Crippen LogP contribution is 2.17. The lowest BCUT2D eigenvalue weighted by Gasteiger charge is -2.26. The second-order valence-electron chi connectivity index (χ2n) is 6.20. The Balaban J connectivity index is 0.00000364. The second-order valence-corrected chi connectivity index (χ2v) is 6.20. The summed E-state index contributed by atoms with van der Waals surface area (Å²) in [4.78, 5) is 6.36. The van der Waals surface area contributed by atoms with E-state index in [-0.39, 0.29) is 35.8 Å². The van der Waals surface area contributed by atoms with Crippen LogP contribution in [0.4, 0.5) is 4.39 Å². The molecule has 2 rings (SSSR count). The Hall–Kier alpha value is -1.75. The molecule has 9 heteroatoms. The quantitative estimate of drug-likeness (QED) is 0.338. The van der Waals surface area contributed by atoms with Gasteiger partial charge in [-0.2, -0.15) is 0 Å². The normalized spacial score (nSPS) is 12.6. The molecule has 2 N–H and O–H groups in total. The molecular formula is C18H29FIN7. The van der Waals surface area contributed by atoms with Gasteiger partial charge in [-0.15, -0.1) is 34.2 Å². The minimum atomic E-state index is -0.225. The van der Waals surface area contributed by atoms with Crippen molar-refractivity contribution in [2.75, 3.05) is 34.2 Å². The number of nitrogens with zero attached hydrogens (tertiary/aromatic N) is 5. The Morgan fingerprint density at radius 1 is 1.26 bits per heavy atom. The van der Waals surface area contributed by atoms with Crippen LogP contribution in [0.1, 0.15) is 24.4 Å². The van der Waals surface area contributed by atoms with Crippen LogP contribution in [0, 0.1) is 5.82 Å². The molecule has 0 saturated heterocycles. The highest BCUT2D eigenvalue weighted by atomic mass is 127. The van der Waals surface area contributed by atoms with Crippen LogP contribution in [-0.2, 0) is 13.0 Å². The maximum atomic E-state index is 13.2. The van der Waals surface area contributed by atoms with Crippen LogP contribution in [-0.4, -0.2) is 59.9 Å². The van der Waals surface area contributed by atoms with Gasteiger partial charge in [0.15, 0.2) is 5.96 Å². The van der Waals surface area contributed by atoms with Crippen molar-refractivity contribution in [2.24, 2.45) is 4.99 Å². The molecule has 1 unspecified atom stereocenters. The summed E-state index contributed by atoms with van der Waals surface area (Å²) in [5.41, 5.74) is 1.05. The molecule has 0 aliphatic heterocycles. The molecule has 0 spiro atoms. The molecular weight excluding hydrogens is 460 g/mol. The summed E-state index contributed by atoms with van der Waals surface area (Å²) in [6.45, 7) is 4.20. The van der Waals surface area contributed by atoms with Crippen molar-refractivity contribution in [1.29, 1.82) is 0 Å². The largest absolute Gasteiger partial charge is 0.355 e. The minimum absolute atomic E-state index is 0. The van der Waals surface area contributed by atoms with Crippen molar-refractivity contribution < 1.29 is 4.39 Å². The Bertz CT molecular complexity index is 700. The number of aliphatic imine (C=N–C) groups is 1. The third-order valence-electron chi connectivity index (χ3n) is 4.22. The number of rotatable bonds is 8. The van der Waals surface area contributed by atoms with E-state index in [0.29, 0.717) is 13.1 Å². The summed E-state index contributed by atoms with van der Waals surface area (Å²) in [7, 11) is 5.75. The number of nitrogens with one attached hydrogen (secondary N) is 2.